The van der Waals surface area contributed by atoms with Crippen molar-refractivity contribution in [2.75, 3.05) is 0 Å². The van der Waals surface area contributed by atoms with Gasteiger partial charge in [-0.25, -0.2) is 9.18 Å². The first-order valence-electron chi connectivity index (χ1n) is 9.42. The van der Waals surface area contributed by atoms with Crippen LogP contribution in [-0.4, -0.2) is 26.5 Å². The van der Waals surface area contributed by atoms with E-state index in [-0.39, 0.29) is 18.5 Å². The lowest BCUT2D eigenvalue weighted by Crippen LogP contribution is -2.25. The fraction of sp³-hybridized carbons (Fsp3) is 0.0833. The first-order chi connectivity index (χ1) is 15.3. The molecule has 7 nitrogen and oxygen atoms in total. The standard InChI is InChI=1S/C24H17FN2O5/c25-20-4-2-1-3-18(20)9-17-10-19(21(28)11-22(29)24(31)32)23(30)27(14-17)13-16-7-5-15(12-26)6-8-16/h1-8,10-11,14,28H,9,13H2,(H,31,32). The van der Waals surface area contributed by atoms with Gasteiger partial charge in [0.2, 0.25) is 0 Å². The Labute approximate surface area is 181 Å². The summed E-state index contributed by atoms with van der Waals surface area (Å²) in [6, 6.07) is 15.9. The van der Waals surface area contributed by atoms with Gasteiger partial charge in [0.1, 0.15) is 11.6 Å². The van der Waals surface area contributed by atoms with Crippen molar-refractivity contribution in [3.8, 4) is 6.07 Å². The van der Waals surface area contributed by atoms with Crippen LogP contribution in [0.15, 0.2) is 71.7 Å². The first kappa shape index (κ1) is 22.2. The van der Waals surface area contributed by atoms with Crippen molar-refractivity contribution in [3.63, 3.8) is 0 Å². The number of halogens is 1. The summed E-state index contributed by atoms with van der Waals surface area (Å²) in [4.78, 5) is 35.2. The summed E-state index contributed by atoms with van der Waals surface area (Å²) in [6.07, 6.45) is 2.05. The second kappa shape index (κ2) is 9.53. The number of nitrogens with zero attached hydrogens (tertiary/aromatic N) is 2. The van der Waals surface area contributed by atoms with Crippen molar-refractivity contribution in [1.82, 2.24) is 4.57 Å². The molecule has 0 fully saturated rings. The van der Waals surface area contributed by atoms with E-state index in [9.17, 15) is 23.9 Å². The van der Waals surface area contributed by atoms with Crippen LogP contribution in [-0.2, 0) is 22.6 Å². The molecule has 1 aromatic heterocycles. The van der Waals surface area contributed by atoms with Crippen LogP contribution >= 0.6 is 0 Å². The topological polar surface area (TPSA) is 120 Å². The Hall–Kier alpha value is -4.51. The third-order valence-electron chi connectivity index (χ3n) is 4.69. The summed E-state index contributed by atoms with van der Waals surface area (Å²) in [7, 11) is 0. The minimum Gasteiger partial charge on any atom is -0.507 e. The summed E-state index contributed by atoms with van der Waals surface area (Å²) in [5.41, 5.74) is 0.988. The number of aromatic nitrogens is 1. The quantitative estimate of drug-likeness (QED) is 0.336. The number of aliphatic hydroxyl groups is 1. The van der Waals surface area contributed by atoms with Crippen LogP contribution in [0.4, 0.5) is 4.39 Å². The number of hydrogen-bond donors (Lipinski definition) is 2. The number of hydrogen-bond acceptors (Lipinski definition) is 5. The van der Waals surface area contributed by atoms with Crippen molar-refractivity contribution in [3.05, 3.63) is 111 Å². The highest BCUT2D eigenvalue weighted by molar-refractivity contribution is 6.38. The van der Waals surface area contributed by atoms with Gasteiger partial charge >= 0.3 is 5.97 Å². The van der Waals surface area contributed by atoms with Crippen LogP contribution in [0.3, 0.4) is 0 Å². The number of pyridine rings is 1. The molecule has 160 valence electrons. The number of aliphatic hydroxyl groups excluding tert-OH is 1. The van der Waals surface area contributed by atoms with E-state index in [1.165, 1.54) is 22.9 Å². The van der Waals surface area contributed by atoms with E-state index >= 15 is 0 Å². The molecule has 0 saturated carbocycles. The predicted molar refractivity (Wildman–Crippen MR) is 113 cm³/mol. The van der Waals surface area contributed by atoms with Gasteiger partial charge in [-0.05, 0) is 41.0 Å². The molecule has 0 bridgehead atoms. The van der Waals surface area contributed by atoms with Gasteiger partial charge in [-0.3, -0.25) is 9.59 Å². The monoisotopic (exact) mass is 432 g/mol. The molecule has 0 aliphatic heterocycles. The number of nitriles is 1. The van der Waals surface area contributed by atoms with Gasteiger partial charge < -0.3 is 14.8 Å². The minimum atomic E-state index is -1.78. The molecule has 32 heavy (non-hydrogen) atoms. The van der Waals surface area contributed by atoms with Gasteiger partial charge in [0, 0.05) is 18.7 Å². The number of aliphatic carboxylic acids is 1. The summed E-state index contributed by atoms with van der Waals surface area (Å²) in [6.45, 7) is 0.0722. The lowest BCUT2D eigenvalue weighted by atomic mass is 10.0. The van der Waals surface area contributed by atoms with Crippen LogP contribution < -0.4 is 5.56 Å². The van der Waals surface area contributed by atoms with E-state index in [2.05, 4.69) is 0 Å². The van der Waals surface area contributed by atoms with Crippen LogP contribution in [0.2, 0.25) is 0 Å². The molecule has 0 atom stereocenters. The van der Waals surface area contributed by atoms with Crippen molar-refractivity contribution in [2.45, 2.75) is 13.0 Å². The lowest BCUT2D eigenvalue weighted by Gasteiger charge is -2.13. The highest BCUT2D eigenvalue weighted by atomic mass is 19.1. The predicted octanol–water partition coefficient (Wildman–Crippen LogP) is 3.05. The highest BCUT2D eigenvalue weighted by Gasteiger charge is 2.16. The van der Waals surface area contributed by atoms with Gasteiger partial charge in [-0.2, -0.15) is 5.26 Å². The maximum Gasteiger partial charge on any atom is 0.376 e. The van der Waals surface area contributed by atoms with Crippen molar-refractivity contribution < 1.29 is 24.2 Å². The van der Waals surface area contributed by atoms with Crippen LogP contribution in [0.1, 0.15) is 27.8 Å². The fourth-order valence-corrected chi connectivity index (χ4v) is 3.10. The Morgan fingerprint density at radius 1 is 1.06 bits per heavy atom. The molecule has 0 aliphatic carbocycles. The second-order valence-electron chi connectivity index (χ2n) is 6.97. The molecule has 8 heteroatoms. The number of benzene rings is 2. The van der Waals surface area contributed by atoms with Crippen LogP contribution in [0.5, 0.6) is 0 Å². The van der Waals surface area contributed by atoms with E-state index in [0.29, 0.717) is 28.3 Å². The third kappa shape index (κ3) is 5.15. The van der Waals surface area contributed by atoms with Crippen molar-refractivity contribution in [2.24, 2.45) is 0 Å². The van der Waals surface area contributed by atoms with Crippen molar-refractivity contribution in [1.29, 1.82) is 5.26 Å². The molecule has 0 saturated heterocycles. The van der Waals surface area contributed by atoms with E-state index in [0.717, 1.165) is 0 Å². The minimum absolute atomic E-state index is 0.0722. The van der Waals surface area contributed by atoms with Gasteiger partial charge in [0.05, 0.1) is 23.7 Å². The second-order valence-corrected chi connectivity index (χ2v) is 6.97. The number of carboxylic acid groups (broad SMARTS) is 1. The van der Waals surface area contributed by atoms with Crippen LogP contribution in [0, 0.1) is 17.1 Å². The van der Waals surface area contributed by atoms with E-state index in [1.54, 1.807) is 42.5 Å². The number of carboxylic acids is 1. The normalized spacial score (nSPS) is 11.1. The first-order valence-corrected chi connectivity index (χ1v) is 9.42. The Morgan fingerprint density at radius 2 is 1.75 bits per heavy atom. The van der Waals surface area contributed by atoms with Gasteiger partial charge in [0.25, 0.3) is 11.3 Å². The average molecular weight is 432 g/mol. The van der Waals surface area contributed by atoms with Gasteiger partial charge in [0.15, 0.2) is 0 Å². The number of ketones is 1. The maximum atomic E-state index is 14.1. The average Bonchev–Trinajstić information content (AvgIpc) is 2.77. The largest absolute Gasteiger partial charge is 0.507 e. The molecule has 0 amide bonds. The molecule has 0 unspecified atom stereocenters. The Bertz CT molecular complexity index is 1320. The van der Waals surface area contributed by atoms with E-state index in [1.807, 2.05) is 6.07 Å². The van der Waals surface area contributed by atoms with Gasteiger partial charge in [-0.15, -0.1) is 0 Å². The summed E-state index contributed by atoms with van der Waals surface area (Å²) in [5, 5.41) is 28.0. The molecule has 2 N–H and O–H groups in total. The summed E-state index contributed by atoms with van der Waals surface area (Å²) < 4.78 is 15.4. The van der Waals surface area contributed by atoms with Crippen molar-refractivity contribution >= 4 is 17.5 Å². The zero-order chi connectivity index (χ0) is 23.3. The maximum absolute atomic E-state index is 14.1. The molecule has 1 heterocycles. The zero-order valence-corrected chi connectivity index (χ0v) is 16.7. The number of carbonyl (C=O) groups is 2. The Morgan fingerprint density at radius 3 is 2.38 bits per heavy atom. The molecule has 3 aromatic rings. The number of rotatable bonds is 7. The molecule has 0 spiro atoms. The number of carbonyl (C=O) groups excluding carboxylic acids is 1. The van der Waals surface area contributed by atoms with Gasteiger partial charge in [-0.1, -0.05) is 30.3 Å². The molecular weight excluding hydrogens is 415 g/mol. The lowest BCUT2D eigenvalue weighted by molar-refractivity contribution is -0.146. The molecular formula is C24H17FN2O5. The Kier molecular flexibility index (Phi) is 6.61. The summed E-state index contributed by atoms with van der Waals surface area (Å²) in [5.74, 6) is -4.41. The Balaban J connectivity index is 2.08. The molecule has 0 aliphatic rings. The molecule has 0 radical (unpaired) electrons. The third-order valence-corrected chi connectivity index (χ3v) is 4.69. The SMILES string of the molecule is N#Cc1ccc(Cn2cc(Cc3ccccc3F)cc(C(O)=CC(=O)C(=O)O)c2=O)cc1. The zero-order valence-electron chi connectivity index (χ0n) is 16.7. The molecule has 3 rings (SSSR count). The summed E-state index contributed by atoms with van der Waals surface area (Å²) >= 11 is 0. The highest BCUT2D eigenvalue weighted by Crippen LogP contribution is 2.17. The van der Waals surface area contributed by atoms with E-state index < -0.39 is 28.9 Å². The fourth-order valence-electron chi connectivity index (χ4n) is 3.10. The van der Waals surface area contributed by atoms with E-state index in [4.69, 9.17) is 10.4 Å². The molecule has 2 aromatic carbocycles. The smallest absolute Gasteiger partial charge is 0.376 e. The van der Waals surface area contributed by atoms with Crippen LogP contribution in [0.25, 0.3) is 5.76 Å².